The van der Waals surface area contributed by atoms with Crippen LogP contribution in [0.25, 0.3) is 10.8 Å². The summed E-state index contributed by atoms with van der Waals surface area (Å²) in [6, 6.07) is 21.6. The van der Waals surface area contributed by atoms with Crippen molar-refractivity contribution in [3.8, 4) is 0 Å². The Kier molecular flexibility index (Phi) is 6.78. The Balaban J connectivity index is 1.34. The summed E-state index contributed by atoms with van der Waals surface area (Å²) >= 11 is 1.79. The molecule has 30 heavy (non-hydrogen) atoms. The summed E-state index contributed by atoms with van der Waals surface area (Å²) in [5, 5.41) is 1.72. The summed E-state index contributed by atoms with van der Waals surface area (Å²) in [5.41, 5.74) is 1.38. The van der Waals surface area contributed by atoms with E-state index in [1.165, 1.54) is 10.5 Å². The van der Waals surface area contributed by atoms with Gasteiger partial charge in [-0.05, 0) is 61.2 Å². The van der Waals surface area contributed by atoms with Crippen LogP contribution in [0.15, 0.2) is 76.5 Å². The van der Waals surface area contributed by atoms with Crippen molar-refractivity contribution >= 4 is 32.6 Å². The van der Waals surface area contributed by atoms with Crippen LogP contribution in [0.1, 0.15) is 18.4 Å². The minimum atomic E-state index is -3.52. The highest BCUT2D eigenvalue weighted by Gasteiger charge is 2.23. The summed E-state index contributed by atoms with van der Waals surface area (Å²) in [4.78, 5) is 4.18. The van der Waals surface area contributed by atoms with E-state index in [-0.39, 0.29) is 0 Å². The molecule has 3 aromatic carbocycles. The monoisotopic (exact) mass is 440 g/mol. The van der Waals surface area contributed by atoms with E-state index in [1.807, 2.05) is 36.4 Å². The van der Waals surface area contributed by atoms with E-state index in [2.05, 4.69) is 40.1 Å². The van der Waals surface area contributed by atoms with Crippen molar-refractivity contribution in [2.45, 2.75) is 29.2 Å². The molecule has 0 bridgehead atoms. The van der Waals surface area contributed by atoms with Crippen LogP contribution < -0.4 is 4.72 Å². The Bertz CT molecular complexity index is 1100. The lowest BCUT2D eigenvalue weighted by Crippen LogP contribution is -2.38. The van der Waals surface area contributed by atoms with Gasteiger partial charge in [-0.2, -0.15) is 0 Å². The van der Waals surface area contributed by atoms with Crippen LogP contribution in [-0.2, 0) is 16.6 Å². The number of piperidine rings is 1. The fourth-order valence-electron chi connectivity index (χ4n) is 4.16. The van der Waals surface area contributed by atoms with Crippen molar-refractivity contribution in [2.24, 2.45) is 5.92 Å². The summed E-state index contributed by atoms with van der Waals surface area (Å²) in [6.07, 6.45) is 4.14. The average molecular weight is 441 g/mol. The molecule has 1 aliphatic rings. The first kappa shape index (κ1) is 21.4. The molecule has 0 atom stereocenters. The van der Waals surface area contributed by atoms with Gasteiger partial charge in [0.05, 0.1) is 4.90 Å². The lowest BCUT2D eigenvalue weighted by atomic mass is 9.97. The molecule has 1 saturated heterocycles. The minimum Gasteiger partial charge on any atom is -0.299 e. The lowest BCUT2D eigenvalue weighted by Gasteiger charge is -2.32. The highest BCUT2D eigenvalue weighted by Crippen LogP contribution is 2.25. The number of benzene rings is 3. The van der Waals surface area contributed by atoms with Crippen LogP contribution in [0.3, 0.4) is 0 Å². The minimum absolute atomic E-state index is 0.367. The fourth-order valence-corrected chi connectivity index (χ4v) is 6.11. The van der Waals surface area contributed by atoms with Crippen LogP contribution in [0.5, 0.6) is 0 Å². The molecule has 1 aliphatic heterocycles. The number of hydrogen-bond acceptors (Lipinski definition) is 4. The largest absolute Gasteiger partial charge is 0.299 e. The number of nitrogens with zero attached hydrogens (tertiary/aromatic N) is 1. The molecule has 6 heteroatoms. The second kappa shape index (κ2) is 9.52. The van der Waals surface area contributed by atoms with E-state index in [0.717, 1.165) is 43.2 Å². The predicted octanol–water partition coefficient (Wildman–Crippen LogP) is 4.75. The normalized spacial score (nSPS) is 16.2. The zero-order valence-electron chi connectivity index (χ0n) is 17.3. The first-order valence-electron chi connectivity index (χ1n) is 10.4. The maximum Gasteiger partial charge on any atom is 0.241 e. The molecule has 4 nitrogen and oxygen atoms in total. The molecule has 4 rings (SSSR count). The zero-order chi connectivity index (χ0) is 21.0. The van der Waals surface area contributed by atoms with Crippen molar-refractivity contribution in [1.29, 1.82) is 0 Å². The maximum absolute atomic E-state index is 12.9. The van der Waals surface area contributed by atoms with E-state index in [1.54, 1.807) is 17.8 Å². The number of rotatable bonds is 7. The van der Waals surface area contributed by atoms with Gasteiger partial charge in [0, 0.05) is 23.4 Å². The Morgan fingerprint density at radius 2 is 1.67 bits per heavy atom. The van der Waals surface area contributed by atoms with Gasteiger partial charge in [0.15, 0.2) is 0 Å². The molecule has 0 saturated carbocycles. The molecular formula is C24H28N2O2S2. The third kappa shape index (κ3) is 4.89. The van der Waals surface area contributed by atoms with E-state index < -0.39 is 10.0 Å². The van der Waals surface area contributed by atoms with Crippen molar-refractivity contribution in [3.63, 3.8) is 0 Å². The molecule has 0 aliphatic carbocycles. The molecule has 0 spiro atoms. The standard InChI is InChI=1S/C24H28N2O2S2/c1-29-23-11-5-3-8-21(23)18-26-15-13-19(14-16-26)17-25-30(27,28)24-12-6-9-20-7-2-4-10-22(20)24/h2-12,19,25H,13-18H2,1H3. The van der Waals surface area contributed by atoms with E-state index in [4.69, 9.17) is 0 Å². The first-order valence-corrected chi connectivity index (χ1v) is 13.1. The number of likely N-dealkylation sites (tertiary alicyclic amines) is 1. The molecule has 158 valence electrons. The van der Waals surface area contributed by atoms with Gasteiger partial charge in [-0.3, -0.25) is 4.90 Å². The highest BCUT2D eigenvalue weighted by molar-refractivity contribution is 7.98. The number of hydrogen-bond donors (Lipinski definition) is 1. The van der Waals surface area contributed by atoms with Crippen molar-refractivity contribution in [3.05, 3.63) is 72.3 Å². The van der Waals surface area contributed by atoms with E-state index in [9.17, 15) is 8.42 Å². The van der Waals surface area contributed by atoms with Crippen LogP contribution in [0.4, 0.5) is 0 Å². The van der Waals surface area contributed by atoms with Crippen LogP contribution >= 0.6 is 11.8 Å². The van der Waals surface area contributed by atoms with Gasteiger partial charge < -0.3 is 0 Å². The van der Waals surface area contributed by atoms with E-state index in [0.29, 0.717) is 17.4 Å². The van der Waals surface area contributed by atoms with Gasteiger partial charge in [-0.1, -0.05) is 54.6 Å². The van der Waals surface area contributed by atoms with Gasteiger partial charge in [0.25, 0.3) is 0 Å². The van der Waals surface area contributed by atoms with E-state index >= 15 is 0 Å². The van der Waals surface area contributed by atoms with Crippen molar-refractivity contribution in [1.82, 2.24) is 9.62 Å². The van der Waals surface area contributed by atoms with Gasteiger partial charge in [0.1, 0.15) is 0 Å². The van der Waals surface area contributed by atoms with Crippen LogP contribution in [0.2, 0.25) is 0 Å². The molecular weight excluding hydrogens is 412 g/mol. The number of nitrogens with one attached hydrogen (secondary N) is 1. The molecule has 0 radical (unpaired) electrons. The number of thioether (sulfide) groups is 1. The SMILES string of the molecule is CSc1ccccc1CN1CCC(CNS(=O)(=O)c2cccc3ccccc23)CC1. The molecule has 0 amide bonds. The molecule has 0 unspecified atom stereocenters. The third-order valence-electron chi connectivity index (χ3n) is 5.89. The third-order valence-corrected chi connectivity index (χ3v) is 8.21. The van der Waals surface area contributed by atoms with Gasteiger partial charge in [0.2, 0.25) is 10.0 Å². The van der Waals surface area contributed by atoms with Crippen molar-refractivity contribution in [2.75, 3.05) is 25.9 Å². The predicted molar refractivity (Wildman–Crippen MR) is 125 cm³/mol. The lowest BCUT2D eigenvalue weighted by molar-refractivity contribution is 0.177. The molecule has 0 aromatic heterocycles. The van der Waals surface area contributed by atoms with Gasteiger partial charge in [-0.15, -0.1) is 11.8 Å². The Morgan fingerprint density at radius 1 is 0.967 bits per heavy atom. The number of sulfonamides is 1. The van der Waals surface area contributed by atoms with Crippen LogP contribution in [-0.4, -0.2) is 39.2 Å². The summed E-state index contributed by atoms with van der Waals surface area (Å²) < 4.78 is 28.8. The maximum atomic E-state index is 12.9. The Labute approximate surface area is 183 Å². The van der Waals surface area contributed by atoms with Gasteiger partial charge in [-0.25, -0.2) is 13.1 Å². The molecule has 3 aromatic rings. The molecule has 1 heterocycles. The zero-order valence-corrected chi connectivity index (χ0v) is 18.9. The summed E-state index contributed by atoms with van der Waals surface area (Å²) in [5.74, 6) is 0.377. The second-order valence-electron chi connectivity index (χ2n) is 7.86. The first-order chi connectivity index (χ1) is 14.6. The molecule has 1 N–H and O–H groups in total. The fraction of sp³-hybridized carbons (Fsp3) is 0.333. The molecule has 1 fully saturated rings. The topological polar surface area (TPSA) is 49.4 Å². The Hall–Kier alpha value is -1.86. The van der Waals surface area contributed by atoms with Crippen molar-refractivity contribution < 1.29 is 8.42 Å². The summed E-state index contributed by atoms with van der Waals surface area (Å²) in [7, 11) is -3.52. The van der Waals surface area contributed by atoms with Crippen LogP contribution in [0, 0.1) is 5.92 Å². The smallest absolute Gasteiger partial charge is 0.241 e. The summed E-state index contributed by atoms with van der Waals surface area (Å²) in [6.45, 7) is 3.47. The number of fused-ring (bicyclic) bond motifs is 1. The van der Waals surface area contributed by atoms with Gasteiger partial charge >= 0.3 is 0 Å². The second-order valence-corrected chi connectivity index (χ2v) is 10.4. The Morgan fingerprint density at radius 3 is 2.47 bits per heavy atom. The quantitative estimate of drug-likeness (QED) is 0.539. The highest BCUT2D eigenvalue weighted by atomic mass is 32.2. The average Bonchev–Trinajstić information content (AvgIpc) is 2.78.